The van der Waals surface area contributed by atoms with Gasteiger partial charge < -0.3 is 9.80 Å². The first-order chi connectivity index (χ1) is 10.2. The normalized spacial score (nSPS) is 19.1. The molecule has 0 aromatic carbocycles. The molecule has 1 rings (SSSR count). The standard InChI is InChI=1S/C18H38N2S/c1-4-19(5-2)14-11-15-20(6-3)16-18(17-21)12-9-7-8-10-13-18/h21H,4-17H2,1-3H3. The van der Waals surface area contributed by atoms with Crippen LogP contribution < -0.4 is 0 Å². The van der Waals surface area contributed by atoms with Crippen LogP contribution in [-0.4, -0.2) is 54.8 Å². The van der Waals surface area contributed by atoms with Gasteiger partial charge in [0.05, 0.1) is 0 Å². The van der Waals surface area contributed by atoms with Gasteiger partial charge in [0.15, 0.2) is 0 Å². The van der Waals surface area contributed by atoms with Gasteiger partial charge in [0.2, 0.25) is 0 Å². The fourth-order valence-corrected chi connectivity index (χ4v) is 4.14. The largest absolute Gasteiger partial charge is 0.304 e. The summed E-state index contributed by atoms with van der Waals surface area (Å²) in [7, 11) is 0. The zero-order valence-electron chi connectivity index (χ0n) is 14.7. The van der Waals surface area contributed by atoms with Crippen molar-refractivity contribution in [3.8, 4) is 0 Å². The molecule has 21 heavy (non-hydrogen) atoms. The fraction of sp³-hybridized carbons (Fsp3) is 1.00. The Kier molecular flexibility index (Phi) is 10.0. The molecule has 1 aliphatic carbocycles. The predicted octanol–water partition coefficient (Wildman–Crippen LogP) is 4.31. The molecular formula is C18H38N2S. The first-order valence-electron chi connectivity index (χ1n) is 9.25. The molecule has 0 radical (unpaired) electrons. The van der Waals surface area contributed by atoms with Crippen molar-refractivity contribution in [3.05, 3.63) is 0 Å². The van der Waals surface area contributed by atoms with E-state index in [1.165, 1.54) is 84.2 Å². The van der Waals surface area contributed by atoms with Crippen LogP contribution in [0.25, 0.3) is 0 Å². The lowest BCUT2D eigenvalue weighted by molar-refractivity contribution is 0.148. The summed E-state index contributed by atoms with van der Waals surface area (Å²) < 4.78 is 0. The third-order valence-corrected chi connectivity index (χ3v) is 6.02. The lowest BCUT2D eigenvalue weighted by Crippen LogP contribution is -2.40. The molecule has 1 aliphatic rings. The average molecular weight is 315 g/mol. The zero-order chi connectivity index (χ0) is 15.6. The number of nitrogens with zero attached hydrogens (tertiary/aromatic N) is 2. The quantitative estimate of drug-likeness (QED) is 0.474. The van der Waals surface area contributed by atoms with E-state index >= 15 is 0 Å². The first kappa shape index (κ1) is 19.3. The van der Waals surface area contributed by atoms with E-state index in [1.807, 2.05) is 0 Å². The third-order valence-electron chi connectivity index (χ3n) is 5.35. The summed E-state index contributed by atoms with van der Waals surface area (Å²) in [4.78, 5) is 5.22. The maximum absolute atomic E-state index is 4.73. The lowest BCUT2D eigenvalue weighted by atomic mass is 9.81. The number of hydrogen-bond acceptors (Lipinski definition) is 3. The van der Waals surface area contributed by atoms with Crippen LogP contribution in [0.1, 0.15) is 65.7 Å². The van der Waals surface area contributed by atoms with Crippen molar-refractivity contribution < 1.29 is 0 Å². The molecule has 1 saturated carbocycles. The SMILES string of the molecule is CCN(CC)CCCN(CC)CC1(CS)CCCCCC1. The summed E-state index contributed by atoms with van der Waals surface area (Å²) >= 11 is 4.73. The summed E-state index contributed by atoms with van der Waals surface area (Å²) in [6.45, 7) is 14.2. The van der Waals surface area contributed by atoms with Gasteiger partial charge in [-0.3, -0.25) is 0 Å². The zero-order valence-corrected chi connectivity index (χ0v) is 15.6. The Balaban J connectivity index is 2.43. The molecule has 3 heteroatoms. The van der Waals surface area contributed by atoms with E-state index in [0.717, 1.165) is 5.75 Å². The summed E-state index contributed by atoms with van der Waals surface area (Å²) in [5.41, 5.74) is 0.491. The van der Waals surface area contributed by atoms with E-state index in [0.29, 0.717) is 5.41 Å². The molecule has 0 atom stereocenters. The molecule has 0 unspecified atom stereocenters. The molecule has 0 aromatic heterocycles. The van der Waals surface area contributed by atoms with Crippen molar-refractivity contribution in [1.82, 2.24) is 9.80 Å². The minimum absolute atomic E-state index is 0.491. The Morgan fingerprint density at radius 1 is 0.810 bits per heavy atom. The molecule has 0 aromatic rings. The van der Waals surface area contributed by atoms with Gasteiger partial charge in [-0.25, -0.2) is 0 Å². The average Bonchev–Trinajstić information content (AvgIpc) is 2.76. The van der Waals surface area contributed by atoms with Gasteiger partial charge in [0, 0.05) is 6.54 Å². The first-order valence-corrected chi connectivity index (χ1v) is 9.88. The number of thiol groups is 1. The Hall–Kier alpha value is 0.270. The van der Waals surface area contributed by atoms with Gasteiger partial charge >= 0.3 is 0 Å². The van der Waals surface area contributed by atoms with Gasteiger partial charge in [-0.05, 0) is 63.2 Å². The van der Waals surface area contributed by atoms with Crippen LogP contribution in [0, 0.1) is 5.41 Å². The Morgan fingerprint density at radius 2 is 1.33 bits per heavy atom. The fourth-order valence-electron chi connectivity index (χ4n) is 3.73. The van der Waals surface area contributed by atoms with Gasteiger partial charge in [-0.2, -0.15) is 12.6 Å². The molecular weight excluding hydrogens is 276 g/mol. The summed E-state index contributed by atoms with van der Waals surface area (Å²) in [5.74, 6) is 1.07. The third kappa shape index (κ3) is 6.92. The monoisotopic (exact) mass is 314 g/mol. The highest BCUT2D eigenvalue weighted by Crippen LogP contribution is 2.36. The molecule has 0 aliphatic heterocycles. The van der Waals surface area contributed by atoms with E-state index in [1.54, 1.807) is 0 Å². The van der Waals surface area contributed by atoms with E-state index in [2.05, 4.69) is 30.6 Å². The van der Waals surface area contributed by atoms with Crippen LogP contribution in [-0.2, 0) is 0 Å². The number of rotatable bonds is 10. The minimum Gasteiger partial charge on any atom is -0.304 e. The Bertz CT molecular complexity index is 246. The van der Waals surface area contributed by atoms with E-state index in [9.17, 15) is 0 Å². The lowest BCUT2D eigenvalue weighted by Gasteiger charge is -2.37. The highest BCUT2D eigenvalue weighted by Gasteiger charge is 2.31. The smallest absolute Gasteiger partial charge is 0.00457 e. The highest BCUT2D eigenvalue weighted by atomic mass is 32.1. The summed E-state index contributed by atoms with van der Waals surface area (Å²) in [6, 6.07) is 0. The van der Waals surface area contributed by atoms with Crippen LogP contribution in [0.5, 0.6) is 0 Å². The van der Waals surface area contributed by atoms with Gasteiger partial charge in [0.1, 0.15) is 0 Å². The van der Waals surface area contributed by atoms with Gasteiger partial charge in [0.25, 0.3) is 0 Å². The van der Waals surface area contributed by atoms with Crippen molar-refractivity contribution in [2.45, 2.75) is 65.7 Å². The van der Waals surface area contributed by atoms with Crippen molar-refractivity contribution in [2.24, 2.45) is 5.41 Å². The maximum Gasteiger partial charge on any atom is 0.00457 e. The van der Waals surface area contributed by atoms with Crippen LogP contribution in [0.3, 0.4) is 0 Å². The molecule has 0 saturated heterocycles. The van der Waals surface area contributed by atoms with Crippen molar-refractivity contribution in [2.75, 3.05) is 45.0 Å². The molecule has 1 fully saturated rings. The summed E-state index contributed by atoms with van der Waals surface area (Å²) in [5, 5.41) is 0. The Labute approximate surface area is 139 Å². The maximum atomic E-state index is 4.73. The van der Waals surface area contributed by atoms with Gasteiger partial charge in [-0.15, -0.1) is 0 Å². The second-order valence-corrected chi connectivity index (χ2v) is 7.14. The molecule has 126 valence electrons. The molecule has 0 N–H and O–H groups in total. The Morgan fingerprint density at radius 3 is 1.81 bits per heavy atom. The van der Waals surface area contributed by atoms with Gasteiger partial charge in [-0.1, -0.05) is 46.5 Å². The van der Waals surface area contributed by atoms with Crippen LogP contribution >= 0.6 is 12.6 Å². The number of hydrogen-bond donors (Lipinski definition) is 1. The second kappa shape index (κ2) is 10.9. The van der Waals surface area contributed by atoms with Crippen molar-refractivity contribution >= 4 is 12.6 Å². The molecule has 2 nitrogen and oxygen atoms in total. The second-order valence-electron chi connectivity index (χ2n) is 6.82. The minimum atomic E-state index is 0.491. The topological polar surface area (TPSA) is 6.48 Å². The van der Waals surface area contributed by atoms with Crippen LogP contribution in [0.4, 0.5) is 0 Å². The highest BCUT2D eigenvalue weighted by molar-refractivity contribution is 7.80. The van der Waals surface area contributed by atoms with Crippen LogP contribution in [0.2, 0.25) is 0 Å². The predicted molar refractivity (Wildman–Crippen MR) is 98.5 cm³/mol. The molecule has 0 heterocycles. The molecule has 0 amide bonds. The van der Waals surface area contributed by atoms with E-state index in [4.69, 9.17) is 12.6 Å². The van der Waals surface area contributed by atoms with Crippen LogP contribution in [0.15, 0.2) is 0 Å². The van der Waals surface area contributed by atoms with E-state index in [-0.39, 0.29) is 0 Å². The summed E-state index contributed by atoms with van der Waals surface area (Å²) in [6.07, 6.45) is 9.78. The molecule has 0 spiro atoms. The van der Waals surface area contributed by atoms with Crippen molar-refractivity contribution in [1.29, 1.82) is 0 Å². The molecule has 0 bridgehead atoms. The van der Waals surface area contributed by atoms with Crippen molar-refractivity contribution in [3.63, 3.8) is 0 Å². The van der Waals surface area contributed by atoms with E-state index < -0.39 is 0 Å².